The number of hydrogen-bond donors (Lipinski definition) is 3. The Bertz CT molecular complexity index is 605. The third kappa shape index (κ3) is 3.14. The van der Waals surface area contributed by atoms with Gasteiger partial charge in [-0.05, 0) is 104 Å². The maximum Gasteiger partial charge on any atom is 0.303 e. The van der Waals surface area contributed by atoms with Crippen molar-refractivity contribution in [2.45, 2.75) is 97.2 Å². The number of carboxylic acid groups (broad SMARTS) is 1. The maximum absolute atomic E-state index is 11.2. The van der Waals surface area contributed by atoms with Crippen molar-refractivity contribution in [3.63, 3.8) is 0 Å². The number of fused-ring (bicyclic) bond motifs is 5. The van der Waals surface area contributed by atoms with Gasteiger partial charge < -0.3 is 15.3 Å². The zero-order valence-electron chi connectivity index (χ0n) is 17.9. The molecule has 4 aliphatic carbocycles. The molecule has 4 rings (SSSR count). The first kappa shape index (κ1) is 20.7. The molecule has 0 heterocycles. The minimum Gasteiger partial charge on any atom is -0.481 e. The second-order valence-corrected chi connectivity index (χ2v) is 11.4. The number of rotatable bonds is 4. The SMILES string of the molecule is C[C@H](CCC(=O)O)C1CC[C@H]2C3[C@H](O)C[C@@H]4C[C@H](O)CC[C@]4(C)[C@H]3CC[C@]12C. The van der Waals surface area contributed by atoms with Crippen molar-refractivity contribution in [3.05, 3.63) is 0 Å². The van der Waals surface area contributed by atoms with Crippen LogP contribution in [0.2, 0.25) is 0 Å². The van der Waals surface area contributed by atoms with E-state index in [-0.39, 0.29) is 29.5 Å². The fourth-order valence-electron chi connectivity index (χ4n) is 8.73. The highest BCUT2D eigenvalue weighted by atomic mass is 16.4. The summed E-state index contributed by atoms with van der Waals surface area (Å²) in [6.07, 6.45) is 9.19. The van der Waals surface area contributed by atoms with Crippen molar-refractivity contribution in [2.24, 2.45) is 46.3 Å². The van der Waals surface area contributed by atoms with Gasteiger partial charge in [0.1, 0.15) is 0 Å². The van der Waals surface area contributed by atoms with Crippen LogP contribution in [-0.2, 0) is 4.79 Å². The first-order chi connectivity index (χ1) is 13.2. The lowest BCUT2D eigenvalue weighted by atomic mass is 9.43. The molecular weight excluding hydrogens is 352 g/mol. The molecule has 0 spiro atoms. The Morgan fingerprint density at radius 2 is 1.68 bits per heavy atom. The summed E-state index contributed by atoms with van der Waals surface area (Å²) in [5.41, 5.74) is 0.523. The zero-order chi connectivity index (χ0) is 20.3. The molecule has 3 N–H and O–H groups in total. The van der Waals surface area contributed by atoms with Crippen LogP contribution in [0.3, 0.4) is 0 Å². The van der Waals surface area contributed by atoms with E-state index in [1.165, 1.54) is 25.7 Å². The Hall–Kier alpha value is -0.610. The smallest absolute Gasteiger partial charge is 0.303 e. The van der Waals surface area contributed by atoms with E-state index in [0.717, 1.165) is 32.1 Å². The van der Waals surface area contributed by atoms with Gasteiger partial charge >= 0.3 is 5.97 Å². The molecule has 0 saturated heterocycles. The minimum absolute atomic E-state index is 0.179. The average molecular weight is 393 g/mol. The average Bonchev–Trinajstić information content (AvgIpc) is 2.98. The van der Waals surface area contributed by atoms with Gasteiger partial charge in [0.2, 0.25) is 0 Å². The number of carbonyl (C=O) groups is 1. The molecule has 4 saturated carbocycles. The summed E-state index contributed by atoms with van der Waals surface area (Å²) in [4.78, 5) is 11.1. The summed E-state index contributed by atoms with van der Waals surface area (Å²) >= 11 is 0. The van der Waals surface area contributed by atoms with Crippen molar-refractivity contribution in [1.29, 1.82) is 0 Å². The van der Waals surface area contributed by atoms with Crippen LogP contribution in [0.15, 0.2) is 0 Å². The first-order valence-electron chi connectivity index (χ1n) is 11.7. The normalized spacial score (nSPS) is 51.7. The van der Waals surface area contributed by atoms with Crippen LogP contribution in [0.5, 0.6) is 0 Å². The van der Waals surface area contributed by atoms with Gasteiger partial charge in [-0.1, -0.05) is 20.8 Å². The summed E-state index contributed by atoms with van der Waals surface area (Å²) in [5, 5.41) is 30.5. The largest absolute Gasteiger partial charge is 0.481 e. The summed E-state index contributed by atoms with van der Waals surface area (Å²) in [6.45, 7) is 7.16. The quantitative estimate of drug-likeness (QED) is 0.659. The van der Waals surface area contributed by atoms with Crippen LogP contribution in [0.25, 0.3) is 0 Å². The van der Waals surface area contributed by atoms with Gasteiger partial charge in [0, 0.05) is 6.42 Å². The summed E-state index contributed by atoms with van der Waals surface area (Å²) in [5.74, 6) is 2.36. The molecule has 28 heavy (non-hydrogen) atoms. The molecule has 0 amide bonds. The van der Waals surface area contributed by atoms with Crippen LogP contribution in [-0.4, -0.2) is 33.5 Å². The Labute approximate surface area is 170 Å². The van der Waals surface area contributed by atoms with Crippen molar-refractivity contribution in [1.82, 2.24) is 0 Å². The number of aliphatic hydroxyl groups is 2. The first-order valence-corrected chi connectivity index (χ1v) is 11.7. The van der Waals surface area contributed by atoms with Crippen LogP contribution in [0.4, 0.5) is 0 Å². The lowest BCUT2D eigenvalue weighted by Gasteiger charge is -2.62. The molecule has 4 heteroatoms. The van der Waals surface area contributed by atoms with Gasteiger partial charge in [0.15, 0.2) is 0 Å². The fourth-order valence-corrected chi connectivity index (χ4v) is 8.73. The Balaban J connectivity index is 1.55. The highest BCUT2D eigenvalue weighted by molar-refractivity contribution is 5.66. The van der Waals surface area contributed by atoms with Crippen molar-refractivity contribution >= 4 is 5.97 Å². The van der Waals surface area contributed by atoms with Gasteiger partial charge in [0.25, 0.3) is 0 Å². The van der Waals surface area contributed by atoms with E-state index in [1.807, 2.05) is 0 Å². The van der Waals surface area contributed by atoms with E-state index in [2.05, 4.69) is 20.8 Å². The van der Waals surface area contributed by atoms with E-state index in [0.29, 0.717) is 35.5 Å². The van der Waals surface area contributed by atoms with Crippen LogP contribution >= 0.6 is 0 Å². The summed E-state index contributed by atoms with van der Waals surface area (Å²) in [6, 6.07) is 0. The molecule has 10 atom stereocenters. The molecule has 0 radical (unpaired) electrons. The molecule has 0 aromatic rings. The van der Waals surface area contributed by atoms with Gasteiger partial charge in [-0.25, -0.2) is 0 Å². The monoisotopic (exact) mass is 392 g/mol. The van der Waals surface area contributed by atoms with Crippen molar-refractivity contribution < 1.29 is 20.1 Å². The fraction of sp³-hybridized carbons (Fsp3) is 0.958. The standard InChI is InChI=1S/C24H40O4/c1-14(4-7-21(27)28)17-5-6-18-22-19(9-11-24(17,18)3)23(2)10-8-16(25)12-15(23)13-20(22)26/h14-20,22,25-26H,4-13H2,1-3H3,(H,27,28)/t14-,15+,16-,17?,18+,19+,20-,22?,23+,24-/m1/s1. The molecule has 0 aliphatic heterocycles. The molecule has 4 fully saturated rings. The van der Waals surface area contributed by atoms with Crippen molar-refractivity contribution in [3.8, 4) is 0 Å². The molecule has 2 unspecified atom stereocenters. The van der Waals surface area contributed by atoms with Crippen LogP contribution in [0.1, 0.15) is 85.0 Å². The summed E-state index contributed by atoms with van der Waals surface area (Å²) in [7, 11) is 0. The minimum atomic E-state index is -0.684. The van der Waals surface area contributed by atoms with E-state index in [9.17, 15) is 15.0 Å². The van der Waals surface area contributed by atoms with Crippen molar-refractivity contribution in [2.75, 3.05) is 0 Å². The second-order valence-electron chi connectivity index (χ2n) is 11.4. The lowest BCUT2D eigenvalue weighted by molar-refractivity contribution is -0.174. The molecule has 0 aromatic carbocycles. The van der Waals surface area contributed by atoms with E-state index in [4.69, 9.17) is 5.11 Å². The number of aliphatic carboxylic acids is 1. The zero-order valence-corrected chi connectivity index (χ0v) is 17.9. The number of carboxylic acids is 1. The molecular formula is C24H40O4. The van der Waals surface area contributed by atoms with E-state index < -0.39 is 5.97 Å². The Morgan fingerprint density at radius 3 is 2.39 bits per heavy atom. The topological polar surface area (TPSA) is 77.8 Å². The highest BCUT2D eigenvalue weighted by Gasteiger charge is 2.62. The molecule has 4 nitrogen and oxygen atoms in total. The van der Waals surface area contributed by atoms with Gasteiger partial charge in [0.05, 0.1) is 12.2 Å². The maximum atomic E-state index is 11.2. The van der Waals surface area contributed by atoms with E-state index in [1.54, 1.807) is 0 Å². The summed E-state index contributed by atoms with van der Waals surface area (Å²) < 4.78 is 0. The van der Waals surface area contributed by atoms with Gasteiger partial charge in [-0.15, -0.1) is 0 Å². The predicted octanol–water partition coefficient (Wildman–Crippen LogP) is 4.48. The van der Waals surface area contributed by atoms with E-state index >= 15 is 0 Å². The highest BCUT2D eigenvalue weighted by Crippen LogP contribution is 2.68. The van der Waals surface area contributed by atoms with Crippen LogP contribution < -0.4 is 0 Å². The number of aliphatic hydroxyl groups excluding tert-OH is 2. The second kappa shape index (κ2) is 7.27. The molecule has 0 aromatic heterocycles. The number of hydrogen-bond acceptors (Lipinski definition) is 3. The van der Waals surface area contributed by atoms with Crippen LogP contribution in [0, 0.1) is 46.3 Å². The van der Waals surface area contributed by atoms with Gasteiger partial charge in [-0.3, -0.25) is 4.79 Å². The molecule has 0 bridgehead atoms. The molecule has 160 valence electrons. The lowest BCUT2D eigenvalue weighted by Crippen LogP contribution is -2.58. The Kier molecular flexibility index (Phi) is 5.36. The van der Waals surface area contributed by atoms with Gasteiger partial charge in [-0.2, -0.15) is 0 Å². The Morgan fingerprint density at radius 1 is 1.00 bits per heavy atom. The molecule has 4 aliphatic rings. The third-order valence-electron chi connectivity index (χ3n) is 10.2. The predicted molar refractivity (Wildman–Crippen MR) is 109 cm³/mol. The third-order valence-corrected chi connectivity index (χ3v) is 10.2.